The van der Waals surface area contributed by atoms with Gasteiger partial charge >= 0.3 is 0 Å². The third-order valence-corrected chi connectivity index (χ3v) is 2.74. The molecule has 3 rings (SSSR count). The number of hydrogen-bond donors (Lipinski definition) is 2. The Balaban J connectivity index is 1.90. The predicted molar refractivity (Wildman–Crippen MR) is 75.2 cm³/mol. The molecule has 3 aromatic rings. The summed E-state index contributed by atoms with van der Waals surface area (Å²) in [6.07, 6.45) is 7.60. The molecule has 3 heterocycles. The summed E-state index contributed by atoms with van der Waals surface area (Å²) in [5.41, 5.74) is 0.764. The Morgan fingerprint density at radius 3 is 2.90 bits per heavy atom. The largest absolute Gasteiger partial charge is 0.506 e. The van der Waals surface area contributed by atoms with Gasteiger partial charge in [0.25, 0.3) is 5.91 Å². The van der Waals surface area contributed by atoms with Gasteiger partial charge in [0.1, 0.15) is 5.75 Å². The van der Waals surface area contributed by atoms with Crippen molar-refractivity contribution in [1.82, 2.24) is 19.7 Å². The van der Waals surface area contributed by atoms with Crippen LogP contribution in [0.3, 0.4) is 0 Å². The van der Waals surface area contributed by atoms with Crippen LogP contribution in [0, 0.1) is 0 Å². The minimum Gasteiger partial charge on any atom is -0.506 e. The average Bonchev–Trinajstić information content (AvgIpc) is 3.02. The summed E-state index contributed by atoms with van der Waals surface area (Å²) in [4.78, 5) is 20.1. The standard InChI is InChI=1S/C14H11N5O2/c20-11-7-10(8-15-9-11)14(21)18-12-3-1-4-16-13(12)19-6-2-5-17-19/h1-9,20H,(H,18,21). The fourth-order valence-electron chi connectivity index (χ4n) is 1.82. The highest BCUT2D eigenvalue weighted by atomic mass is 16.3. The van der Waals surface area contributed by atoms with E-state index < -0.39 is 0 Å². The van der Waals surface area contributed by atoms with Gasteiger partial charge in [-0.05, 0) is 24.3 Å². The van der Waals surface area contributed by atoms with Crippen LogP contribution < -0.4 is 5.32 Å². The van der Waals surface area contributed by atoms with Crippen molar-refractivity contribution in [2.24, 2.45) is 0 Å². The molecule has 0 spiro atoms. The van der Waals surface area contributed by atoms with E-state index in [1.165, 1.54) is 18.5 Å². The van der Waals surface area contributed by atoms with E-state index >= 15 is 0 Å². The lowest BCUT2D eigenvalue weighted by atomic mass is 10.2. The highest BCUT2D eigenvalue weighted by molar-refractivity contribution is 6.05. The number of anilines is 1. The van der Waals surface area contributed by atoms with Gasteiger partial charge in [0.05, 0.1) is 17.4 Å². The number of rotatable bonds is 3. The summed E-state index contributed by atoms with van der Waals surface area (Å²) in [6, 6.07) is 6.53. The summed E-state index contributed by atoms with van der Waals surface area (Å²) < 4.78 is 1.55. The summed E-state index contributed by atoms with van der Waals surface area (Å²) >= 11 is 0. The van der Waals surface area contributed by atoms with E-state index in [4.69, 9.17) is 0 Å². The van der Waals surface area contributed by atoms with Crippen LogP contribution >= 0.6 is 0 Å². The van der Waals surface area contributed by atoms with E-state index in [2.05, 4.69) is 20.4 Å². The van der Waals surface area contributed by atoms with Gasteiger partial charge in [-0.25, -0.2) is 9.67 Å². The molecule has 0 aliphatic carbocycles. The molecule has 0 atom stereocenters. The number of carbonyl (C=O) groups excluding carboxylic acids is 1. The van der Waals surface area contributed by atoms with Crippen molar-refractivity contribution >= 4 is 11.6 Å². The first-order valence-corrected chi connectivity index (χ1v) is 6.14. The van der Waals surface area contributed by atoms with Crippen LogP contribution in [-0.4, -0.2) is 30.8 Å². The molecule has 0 bridgehead atoms. The van der Waals surface area contributed by atoms with Gasteiger partial charge in [0.15, 0.2) is 5.82 Å². The van der Waals surface area contributed by atoms with E-state index in [0.717, 1.165) is 0 Å². The number of amides is 1. The minimum absolute atomic E-state index is 0.0684. The van der Waals surface area contributed by atoms with E-state index in [1.807, 2.05) is 0 Å². The lowest BCUT2D eigenvalue weighted by Crippen LogP contribution is -2.14. The van der Waals surface area contributed by atoms with Gasteiger partial charge in [-0.1, -0.05) is 0 Å². The normalized spacial score (nSPS) is 10.3. The SMILES string of the molecule is O=C(Nc1cccnc1-n1cccn1)c1cncc(O)c1. The fourth-order valence-corrected chi connectivity index (χ4v) is 1.82. The molecule has 0 unspecified atom stereocenters. The summed E-state index contributed by atoms with van der Waals surface area (Å²) in [5, 5.41) is 16.2. The first kappa shape index (κ1) is 12.8. The first-order chi connectivity index (χ1) is 10.2. The second-order valence-corrected chi connectivity index (χ2v) is 4.21. The second kappa shape index (κ2) is 5.41. The van der Waals surface area contributed by atoms with Crippen LogP contribution in [0.5, 0.6) is 5.75 Å². The number of hydrogen-bond acceptors (Lipinski definition) is 5. The van der Waals surface area contributed by atoms with Gasteiger partial charge < -0.3 is 10.4 Å². The maximum absolute atomic E-state index is 12.2. The fraction of sp³-hybridized carbons (Fsp3) is 0. The van der Waals surface area contributed by atoms with Gasteiger partial charge in [0, 0.05) is 24.8 Å². The van der Waals surface area contributed by atoms with Crippen LogP contribution in [0.15, 0.2) is 55.2 Å². The Labute approximate surface area is 119 Å². The highest BCUT2D eigenvalue weighted by Gasteiger charge is 2.12. The van der Waals surface area contributed by atoms with Crippen molar-refractivity contribution in [1.29, 1.82) is 0 Å². The van der Waals surface area contributed by atoms with Crippen molar-refractivity contribution in [3.8, 4) is 11.6 Å². The molecule has 3 aromatic heterocycles. The highest BCUT2D eigenvalue weighted by Crippen LogP contribution is 2.18. The van der Waals surface area contributed by atoms with Crippen molar-refractivity contribution in [3.63, 3.8) is 0 Å². The molecule has 7 heteroatoms. The topological polar surface area (TPSA) is 92.9 Å². The van der Waals surface area contributed by atoms with Crippen LogP contribution in [0.1, 0.15) is 10.4 Å². The Bertz CT molecular complexity index is 771. The molecule has 0 aliphatic heterocycles. The third-order valence-electron chi connectivity index (χ3n) is 2.74. The maximum Gasteiger partial charge on any atom is 0.257 e. The molecule has 104 valence electrons. The predicted octanol–water partition coefficient (Wildman–Crippen LogP) is 1.62. The zero-order chi connectivity index (χ0) is 14.7. The Hall–Kier alpha value is -3.22. The number of nitrogens with zero attached hydrogens (tertiary/aromatic N) is 4. The quantitative estimate of drug-likeness (QED) is 0.761. The minimum atomic E-state index is -0.389. The van der Waals surface area contributed by atoms with E-state index in [9.17, 15) is 9.90 Å². The number of aromatic nitrogens is 4. The molecule has 0 saturated carbocycles. The van der Waals surface area contributed by atoms with Crippen LogP contribution in [0.4, 0.5) is 5.69 Å². The van der Waals surface area contributed by atoms with Crippen LogP contribution in [0.25, 0.3) is 5.82 Å². The van der Waals surface area contributed by atoms with Gasteiger partial charge in [0.2, 0.25) is 0 Å². The van der Waals surface area contributed by atoms with Gasteiger partial charge in [-0.3, -0.25) is 9.78 Å². The lowest BCUT2D eigenvalue weighted by molar-refractivity contribution is 0.102. The average molecular weight is 281 g/mol. The van der Waals surface area contributed by atoms with E-state index in [0.29, 0.717) is 11.5 Å². The van der Waals surface area contributed by atoms with Gasteiger partial charge in [-0.2, -0.15) is 5.10 Å². The lowest BCUT2D eigenvalue weighted by Gasteiger charge is -2.09. The van der Waals surface area contributed by atoms with Crippen LogP contribution in [-0.2, 0) is 0 Å². The van der Waals surface area contributed by atoms with Crippen molar-refractivity contribution in [2.75, 3.05) is 5.32 Å². The number of nitrogens with one attached hydrogen (secondary N) is 1. The molecule has 0 saturated heterocycles. The molecule has 21 heavy (non-hydrogen) atoms. The molecule has 0 aromatic carbocycles. The Kier molecular flexibility index (Phi) is 3.30. The van der Waals surface area contributed by atoms with Crippen LogP contribution in [0.2, 0.25) is 0 Å². The van der Waals surface area contributed by atoms with Crippen molar-refractivity contribution in [3.05, 3.63) is 60.8 Å². The maximum atomic E-state index is 12.2. The van der Waals surface area contributed by atoms with E-state index in [1.54, 1.807) is 41.5 Å². The molecule has 1 amide bonds. The molecule has 0 fully saturated rings. The molecular weight excluding hydrogens is 270 g/mol. The third kappa shape index (κ3) is 2.71. The molecular formula is C14H11N5O2. The Morgan fingerprint density at radius 2 is 2.14 bits per heavy atom. The van der Waals surface area contributed by atoms with E-state index in [-0.39, 0.29) is 17.2 Å². The summed E-state index contributed by atoms with van der Waals surface area (Å²) in [5.74, 6) is 0.0462. The van der Waals surface area contributed by atoms with Gasteiger partial charge in [-0.15, -0.1) is 0 Å². The first-order valence-electron chi connectivity index (χ1n) is 6.14. The zero-order valence-corrected chi connectivity index (χ0v) is 10.8. The summed E-state index contributed by atoms with van der Waals surface area (Å²) in [6.45, 7) is 0. The van der Waals surface area contributed by atoms with Crippen molar-refractivity contribution < 1.29 is 9.90 Å². The smallest absolute Gasteiger partial charge is 0.257 e. The number of carbonyl (C=O) groups is 1. The molecule has 2 N–H and O–H groups in total. The summed E-state index contributed by atoms with van der Waals surface area (Å²) in [7, 11) is 0. The van der Waals surface area contributed by atoms with Crippen molar-refractivity contribution in [2.45, 2.75) is 0 Å². The molecule has 0 radical (unpaired) electrons. The zero-order valence-electron chi connectivity index (χ0n) is 10.8. The monoisotopic (exact) mass is 281 g/mol. The number of aromatic hydroxyl groups is 1. The Morgan fingerprint density at radius 1 is 1.24 bits per heavy atom. The number of pyridine rings is 2. The second-order valence-electron chi connectivity index (χ2n) is 4.21. The molecule has 7 nitrogen and oxygen atoms in total. The molecule has 0 aliphatic rings.